The number of nitrogens with zero attached hydrogens (tertiary/aromatic N) is 1. The van der Waals surface area contributed by atoms with Crippen LogP contribution in [-0.2, 0) is 4.79 Å². The fourth-order valence-electron chi connectivity index (χ4n) is 2.19. The van der Waals surface area contributed by atoms with Crippen LogP contribution in [0.15, 0.2) is 22.7 Å². The number of benzene rings is 1. The van der Waals surface area contributed by atoms with E-state index in [1.54, 1.807) is 0 Å². The lowest BCUT2D eigenvalue weighted by Crippen LogP contribution is -2.33. The van der Waals surface area contributed by atoms with Crippen molar-refractivity contribution in [1.29, 1.82) is 0 Å². The molecule has 1 unspecified atom stereocenters. The zero-order valence-electron chi connectivity index (χ0n) is 10.8. The maximum Gasteiger partial charge on any atom is 0.261 e. The first-order chi connectivity index (χ1) is 8.90. The van der Waals surface area contributed by atoms with Crippen LogP contribution in [0.3, 0.4) is 0 Å². The second-order valence-electron chi connectivity index (χ2n) is 5.14. The topological polar surface area (TPSA) is 37.4 Å². The summed E-state index contributed by atoms with van der Waals surface area (Å²) in [6.45, 7) is 4.53. The van der Waals surface area contributed by atoms with Crippen LogP contribution in [0.2, 0.25) is 0 Å². The van der Waals surface area contributed by atoms with Gasteiger partial charge in [0.25, 0.3) is 5.91 Å². The monoisotopic (exact) mass is 327 g/mol. The minimum Gasteiger partial charge on any atom is -0.278 e. The Bertz CT molecular complexity index is 530. The zero-order valence-corrected chi connectivity index (χ0v) is 12.4. The van der Waals surface area contributed by atoms with Crippen LogP contribution >= 0.6 is 15.9 Å². The molecule has 1 aliphatic heterocycles. The second kappa shape index (κ2) is 5.41. The van der Waals surface area contributed by atoms with Gasteiger partial charge in [-0.05, 0) is 46.0 Å². The summed E-state index contributed by atoms with van der Waals surface area (Å²) in [5.41, 5.74) is 0.319. The Labute approximate surface area is 119 Å². The minimum atomic E-state index is -0.420. The first-order valence-electron chi connectivity index (χ1n) is 6.20. The van der Waals surface area contributed by atoms with Crippen LogP contribution in [-0.4, -0.2) is 23.3 Å². The Morgan fingerprint density at radius 2 is 2.16 bits per heavy atom. The average molecular weight is 328 g/mol. The van der Waals surface area contributed by atoms with Gasteiger partial charge in [0.15, 0.2) is 0 Å². The van der Waals surface area contributed by atoms with E-state index in [1.807, 2.05) is 13.8 Å². The van der Waals surface area contributed by atoms with E-state index in [2.05, 4.69) is 15.9 Å². The number of halogens is 2. The molecular weight excluding hydrogens is 313 g/mol. The molecule has 2 amide bonds. The van der Waals surface area contributed by atoms with E-state index in [9.17, 15) is 14.0 Å². The van der Waals surface area contributed by atoms with Crippen LogP contribution in [0.1, 0.15) is 30.6 Å². The standard InChI is InChI=1S/C14H15BrFNO2/c1-8(2)9-5-13(18)17(7-9)14(19)11-4-3-10(16)6-12(11)15/h3-4,6,8-9H,5,7H2,1-2H3. The van der Waals surface area contributed by atoms with Gasteiger partial charge >= 0.3 is 0 Å². The normalized spacial score (nSPS) is 19.3. The summed E-state index contributed by atoms with van der Waals surface area (Å²) in [6.07, 6.45) is 0.405. The Morgan fingerprint density at radius 1 is 1.47 bits per heavy atom. The van der Waals surface area contributed by atoms with Crippen molar-refractivity contribution in [2.24, 2.45) is 11.8 Å². The van der Waals surface area contributed by atoms with Gasteiger partial charge in [-0.1, -0.05) is 13.8 Å². The molecule has 1 saturated heterocycles. The quantitative estimate of drug-likeness (QED) is 0.782. The van der Waals surface area contributed by atoms with Gasteiger partial charge in [0, 0.05) is 17.4 Å². The van der Waals surface area contributed by atoms with Crippen molar-refractivity contribution >= 4 is 27.7 Å². The Morgan fingerprint density at radius 3 is 2.68 bits per heavy atom. The van der Waals surface area contributed by atoms with E-state index >= 15 is 0 Å². The van der Waals surface area contributed by atoms with E-state index in [-0.39, 0.29) is 17.7 Å². The average Bonchev–Trinajstić information content (AvgIpc) is 2.71. The Kier molecular flexibility index (Phi) is 4.04. The summed E-state index contributed by atoms with van der Waals surface area (Å²) in [5.74, 6) is -0.370. The first-order valence-corrected chi connectivity index (χ1v) is 6.99. The van der Waals surface area contributed by atoms with E-state index in [4.69, 9.17) is 0 Å². The molecular formula is C14H15BrFNO2. The van der Waals surface area contributed by atoms with Gasteiger partial charge in [-0.25, -0.2) is 4.39 Å². The van der Waals surface area contributed by atoms with Gasteiger partial charge in [0.05, 0.1) is 5.56 Å². The van der Waals surface area contributed by atoms with Gasteiger partial charge in [-0.15, -0.1) is 0 Å². The number of carbonyl (C=O) groups is 2. The summed E-state index contributed by atoms with van der Waals surface area (Å²) < 4.78 is 13.4. The number of hydrogen-bond acceptors (Lipinski definition) is 2. The van der Waals surface area contributed by atoms with Gasteiger partial charge in [0.1, 0.15) is 5.82 Å². The molecule has 3 nitrogen and oxygen atoms in total. The van der Waals surface area contributed by atoms with E-state index < -0.39 is 5.82 Å². The molecule has 1 aliphatic rings. The predicted octanol–water partition coefficient (Wildman–Crippen LogP) is 3.23. The third kappa shape index (κ3) is 2.86. The third-order valence-electron chi connectivity index (χ3n) is 3.50. The largest absolute Gasteiger partial charge is 0.278 e. The van der Waals surface area contributed by atoms with Crippen LogP contribution in [0.5, 0.6) is 0 Å². The molecule has 1 fully saturated rings. The number of rotatable bonds is 2. The summed E-state index contributed by atoms with van der Waals surface area (Å²) in [6, 6.07) is 3.85. The van der Waals surface area contributed by atoms with Crippen LogP contribution < -0.4 is 0 Å². The number of amides is 2. The van der Waals surface area contributed by atoms with Crippen LogP contribution in [0.4, 0.5) is 4.39 Å². The molecule has 0 spiro atoms. The summed E-state index contributed by atoms with van der Waals surface area (Å²) in [7, 11) is 0. The molecule has 0 radical (unpaired) electrons. The summed E-state index contributed by atoms with van der Waals surface area (Å²) in [4.78, 5) is 25.5. The fraction of sp³-hybridized carbons (Fsp3) is 0.429. The maximum absolute atomic E-state index is 13.0. The summed E-state index contributed by atoms with van der Waals surface area (Å²) >= 11 is 3.16. The lowest BCUT2D eigenvalue weighted by Gasteiger charge is -2.17. The molecule has 1 atom stereocenters. The SMILES string of the molecule is CC(C)C1CC(=O)N(C(=O)c2ccc(F)cc2Br)C1. The van der Waals surface area contributed by atoms with Crippen molar-refractivity contribution < 1.29 is 14.0 Å². The highest BCUT2D eigenvalue weighted by molar-refractivity contribution is 9.10. The molecule has 1 aromatic rings. The highest BCUT2D eigenvalue weighted by Gasteiger charge is 2.36. The molecule has 102 valence electrons. The number of carbonyl (C=O) groups excluding carboxylic acids is 2. The third-order valence-corrected chi connectivity index (χ3v) is 4.16. The fourth-order valence-corrected chi connectivity index (χ4v) is 2.71. The predicted molar refractivity (Wildman–Crippen MR) is 73.1 cm³/mol. The lowest BCUT2D eigenvalue weighted by molar-refractivity contribution is -0.125. The highest BCUT2D eigenvalue weighted by Crippen LogP contribution is 2.28. The molecule has 0 aromatic heterocycles. The number of imide groups is 1. The molecule has 5 heteroatoms. The van der Waals surface area contributed by atoms with Crippen molar-refractivity contribution in [3.8, 4) is 0 Å². The van der Waals surface area contributed by atoms with Crippen molar-refractivity contribution in [2.75, 3.05) is 6.54 Å². The van der Waals surface area contributed by atoms with Crippen LogP contribution in [0.25, 0.3) is 0 Å². The van der Waals surface area contributed by atoms with Gasteiger partial charge in [-0.3, -0.25) is 14.5 Å². The van der Waals surface area contributed by atoms with Crippen molar-refractivity contribution in [3.63, 3.8) is 0 Å². The van der Waals surface area contributed by atoms with Crippen molar-refractivity contribution in [1.82, 2.24) is 4.90 Å². The van der Waals surface area contributed by atoms with E-state index in [0.29, 0.717) is 28.9 Å². The van der Waals surface area contributed by atoms with E-state index in [1.165, 1.54) is 23.1 Å². The second-order valence-corrected chi connectivity index (χ2v) is 6.00. The lowest BCUT2D eigenvalue weighted by atomic mass is 9.95. The first kappa shape index (κ1) is 14.2. The molecule has 0 saturated carbocycles. The van der Waals surface area contributed by atoms with Crippen molar-refractivity contribution in [3.05, 3.63) is 34.1 Å². The molecule has 2 rings (SSSR count). The van der Waals surface area contributed by atoms with Gasteiger partial charge in [-0.2, -0.15) is 0 Å². The van der Waals surface area contributed by atoms with Gasteiger partial charge in [0.2, 0.25) is 5.91 Å². The molecule has 0 aliphatic carbocycles. The Balaban J connectivity index is 2.23. The zero-order chi connectivity index (χ0) is 14.2. The number of hydrogen-bond donors (Lipinski definition) is 0. The molecule has 1 heterocycles. The van der Waals surface area contributed by atoms with Crippen LogP contribution in [0, 0.1) is 17.7 Å². The molecule has 0 bridgehead atoms. The van der Waals surface area contributed by atoms with Crippen molar-refractivity contribution in [2.45, 2.75) is 20.3 Å². The Hall–Kier alpha value is -1.23. The minimum absolute atomic E-state index is 0.153. The molecule has 1 aromatic carbocycles. The maximum atomic E-state index is 13.0. The molecule has 19 heavy (non-hydrogen) atoms. The molecule has 0 N–H and O–H groups in total. The number of likely N-dealkylation sites (tertiary alicyclic amines) is 1. The summed E-state index contributed by atoms with van der Waals surface area (Å²) in [5, 5.41) is 0. The smallest absolute Gasteiger partial charge is 0.261 e. The van der Waals surface area contributed by atoms with Gasteiger partial charge < -0.3 is 0 Å². The van der Waals surface area contributed by atoms with E-state index in [0.717, 1.165) is 0 Å². The highest BCUT2D eigenvalue weighted by atomic mass is 79.9.